The van der Waals surface area contributed by atoms with Crippen LogP contribution >= 0.6 is 0 Å². The maximum absolute atomic E-state index is 10.9. The van der Waals surface area contributed by atoms with Crippen LogP contribution in [0.3, 0.4) is 0 Å². The Bertz CT molecular complexity index is 730. The number of methoxy groups -OCH3 is 3. The molecule has 2 unspecified atom stereocenters. The fraction of sp³-hybridized carbons (Fsp3) is 0.500. The van der Waals surface area contributed by atoms with Crippen LogP contribution in [0.5, 0.6) is 0 Å². The lowest BCUT2D eigenvalue weighted by molar-refractivity contribution is -0.384. The number of hydrogen-bond donors (Lipinski definition) is 0. The van der Waals surface area contributed by atoms with E-state index in [9.17, 15) is 10.1 Å². The number of hydrogen-bond acceptors (Lipinski definition) is 6. The van der Waals surface area contributed by atoms with Crippen molar-refractivity contribution in [2.45, 2.75) is 24.5 Å². The minimum Gasteiger partial charge on any atom is -0.382 e. The normalized spacial score (nSPS) is 27.0. The topological polar surface area (TPSA) is 85.0 Å². The maximum atomic E-state index is 10.9. The second-order valence-corrected chi connectivity index (χ2v) is 5.64. The molecule has 1 aliphatic rings. The second kappa shape index (κ2) is 6.86. The van der Waals surface area contributed by atoms with E-state index in [4.69, 9.17) is 18.9 Å². The van der Waals surface area contributed by atoms with Crippen LogP contribution in [-0.4, -0.2) is 55.7 Å². The van der Waals surface area contributed by atoms with Gasteiger partial charge in [0.25, 0.3) is 5.69 Å². The minimum atomic E-state index is -0.406. The molecule has 3 rings (SSSR count). The molecule has 130 valence electrons. The van der Waals surface area contributed by atoms with Crippen molar-refractivity contribution in [3.8, 4) is 0 Å². The van der Waals surface area contributed by atoms with E-state index in [1.165, 1.54) is 6.07 Å². The molecule has 1 fully saturated rings. The summed E-state index contributed by atoms with van der Waals surface area (Å²) in [5.41, 5.74) is 0.892. The first-order valence-electron chi connectivity index (χ1n) is 7.55. The van der Waals surface area contributed by atoms with E-state index >= 15 is 0 Å². The van der Waals surface area contributed by atoms with Crippen molar-refractivity contribution in [3.63, 3.8) is 0 Å². The number of benzene rings is 1. The van der Waals surface area contributed by atoms with Crippen LogP contribution in [0.4, 0.5) is 5.69 Å². The third-order valence-corrected chi connectivity index (χ3v) is 4.35. The standard InChI is InChI=1S/C16H20N2O6/c1-21-9-13-14(22-2)15(23-3)16(24-13)17-7-6-10-8-11(18(19)20)4-5-12(10)17/h4-8,13-16H,9H2,1-3H3/t13-,14?,15?,16-/m1/s1. The smallest absolute Gasteiger partial charge is 0.270 e. The van der Waals surface area contributed by atoms with E-state index in [0.717, 1.165) is 10.9 Å². The molecule has 0 spiro atoms. The van der Waals surface area contributed by atoms with Crippen LogP contribution in [0, 0.1) is 10.1 Å². The summed E-state index contributed by atoms with van der Waals surface area (Å²) in [5.74, 6) is 0. The SMILES string of the molecule is COC[C@H]1O[C@@H](n2ccc3cc([N+](=O)[O-])ccc32)C(OC)C1OC. The van der Waals surface area contributed by atoms with Gasteiger partial charge in [0.2, 0.25) is 0 Å². The molecule has 8 heteroatoms. The molecule has 4 atom stereocenters. The van der Waals surface area contributed by atoms with Gasteiger partial charge >= 0.3 is 0 Å². The summed E-state index contributed by atoms with van der Waals surface area (Å²) in [6, 6.07) is 6.57. The van der Waals surface area contributed by atoms with E-state index in [-0.39, 0.29) is 24.0 Å². The van der Waals surface area contributed by atoms with Crippen LogP contribution in [0.2, 0.25) is 0 Å². The first kappa shape index (κ1) is 16.8. The molecule has 0 amide bonds. The summed E-state index contributed by atoms with van der Waals surface area (Å²) in [7, 11) is 4.83. The first-order valence-corrected chi connectivity index (χ1v) is 7.55. The van der Waals surface area contributed by atoms with E-state index < -0.39 is 11.2 Å². The van der Waals surface area contributed by atoms with Crippen LogP contribution in [0.15, 0.2) is 30.5 Å². The van der Waals surface area contributed by atoms with Crippen molar-refractivity contribution in [2.75, 3.05) is 27.9 Å². The van der Waals surface area contributed by atoms with E-state index in [2.05, 4.69) is 0 Å². The number of nitrogens with zero attached hydrogens (tertiary/aromatic N) is 2. The fourth-order valence-corrected chi connectivity index (χ4v) is 3.25. The van der Waals surface area contributed by atoms with Crippen LogP contribution in [-0.2, 0) is 18.9 Å². The second-order valence-electron chi connectivity index (χ2n) is 5.64. The van der Waals surface area contributed by atoms with Crippen LogP contribution in [0.1, 0.15) is 6.23 Å². The van der Waals surface area contributed by atoms with Crippen molar-refractivity contribution in [2.24, 2.45) is 0 Å². The van der Waals surface area contributed by atoms with E-state index in [1.807, 2.05) is 16.8 Å². The van der Waals surface area contributed by atoms with Gasteiger partial charge in [-0.2, -0.15) is 0 Å². The van der Waals surface area contributed by atoms with E-state index in [0.29, 0.717) is 6.61 Å². The van der Waals surface area contributed by atoms with Gasteiger partial charge in [0, 0.05) is 45.0 Å². The lowest BCUT2D eigenvalue weighted by Gasteiger charge is -2.22. The highest BCUT2D eigenvalue weighted by Crippen LogP contribution is 2.36. The number of fused-ring (bicyclic) bond motifs is 1. The molecule has 1 saturated heterocycles. The van der Waals surface area contributed by atoms with Crippen molar-refractivity contribution in [1.29, 1.82) is 0 Å². The Hall–Kier alpha value is -2.00. The van der Waals surface area contributed by atoms with Gasteiger partial charge in [-0.05, 0) is 12.1 Å². The Labute approximate surface area is 139 Å². The average molecular weight is 336 g/mol. The van der Waals surface area contributed by atoms with Crippen molar-refractivity contribution >= 4 is 16.6 Å². The first-order chi connectivity index (χ1) is 11.6. The molecule has 0 radical (unpaired) electrons. The number of aromatic nitrogens is 1. The van der Waals surface area contributed by atoms with Gasteiger partial charge in [-0.25, -0.2) is 0 Å². The number of rotatable bonds is 6. The third kappa shape index (κ3) is 2.78. The Morgan fingerprint density at radius 3 is 2.58 bits per heavy atom. The molecular weight excluding hydrogens is 316 g/mol. The van der Waals surface area contributed by atoms with Gasteiger partial charge in [-0.1, -0.05) is 0 Å². The summed E-state index contributed by atoms with van der Waals surface area (Å²) in [6.07, 6.45) is 0.591. The molecule has 1 aromatic heterocycles. The maximum Gasteiger partial charge on any atom is 0.270 e. The molecule has 2 aromatic rings. The number of non-ortho nitro benzene ring substituents is 1. The van der Waals surface area contributed by atoms with E-state index in [1.54, 1.807) is 33.5 Å². The quantitative estimate of drug-likeness (QED) is 0.593. The van der Waals surface area contributed by atoms with Gasteiger partial charge in [0.05, 0.1) is 17.0 Å². The van der Waals surface area contributed by atoms with Gasteiger partial charge in [-0.15, -0.1) is 0 Å². The lowest BCUT2D eigenvalue weighted by atomic mass is 10.1. The predicted octanol–water partition coefficient (Wildman–Crippen LogP) is 2.12. The summed E-state index contributed by atoms with van der Waals surface area (Å²) >= 11 is 0. The third-order valence-electron chi connectivity index (χ3n) is 4.35. The Kier molecular flexibility index (Phi) is 4.81. The summed E-state index contributed by atoms with van der Waals surface area (Å²) < 4.78 is 24.3. The summed E-state index contributed by atoms with van der Waals surface area (Å²) in [6.45, 7) is 0.388. The molecule has 1 aliphatic heterocycles. The lowest BCUT2D eigenvalue weighted by Crippen LogP contribution is -2.36. The largest absolute Gasteiger partial charge is 0.382 e. The molecule has 0 N–H and O–H groups in total. The highest BCUT2D eigenvalue weighted by atomic mass is 16.6. The molecular formula is C16H20N2O6. The molecule has 0 saturated carbocycles. The molecule has 0 bridgehead atoms. The molecule has 0 aliphatic carbocycles. The Balaban J connectivity index is 1.98. The zero-order valence-corrected chi connectivity index (χ0v) is 13.7. The van der Waals surface area contributed by atoms with Gasteiger partial charge in [-0.3, -0.25) is 10.1 Å². The fourth-order valence-electron chi connectivity index (χ4n) is 3.25. The van der Waals surface area contributed by atoms with Crippen LogP contribution in [0.25, 0.3) is 10.9 Å². The minimum absolute atomic E-state index is 0.0582. The number of nitro benzene ring substituents is 1. The number of nitro groups is 1. The van der Waals surface area contributed by atoms with Crippen molar-refractivity contribution < 1.29 is 23.9 Å². The van der Waals surface area contributed by atoms with Crippen molar-refractivity contribution in [3.05, 3.63) is 40.6 Å². The highest BCUT2D eigenvalue weighted by molar-refractivity contribution is 5.82. The number of ether oxygens (including phenoxy) is 4. The summed E-state index contributed by atoms with van der Waals surface area (Å²) in [4.78, 5) is 10.5. The summed E-state index contributed by atoms with van der Waals surface area (Å²) in [5, 5.41) is 11.7. The van der Waals surface area contributed by atoms with Gasteiger partial charge < -0.3 is 23.5 Å². The van der Waals surface area contributed by atoms with Crippen molar-refractivity contribution in [1.82, 2.24) is 4.57 Å². The van der Waals surface area contributed by atoms with Crippen LogP contribution < -0.4 is 0 Å². The Morgan fingerprint density at radius 2 is 1.96 bits per heavy atom. The van der Waals surface area contributed by atoms with Gasteiger partial charge in [0.15, 0.2) is 6.23 Å². The molecule has 1 aromatic carbocycles. The molecule has 2 heterocycles. The molecule has 8 nitrogen and oxygen atoms in total. The monoisotopic (exact) mass is 336 g/mol. The van der Waals surface area contributed by atoms with Gasteiger partial charge in [0.1, 0.15) is 18.3 Å². The zero-order chi connectivity index (χ0) is 17.3. The molecule has 24 heavy (non-hydrogen) atoms. The average Bonchev–Trinajstić information content (AvgIpc) is 3.14. The highest BCUT2D eigenvalue weighted by Gasteiger charge is 2.46. The zero-order valence-electron chi connectivity index (χ0n) is 13.7. The predicted molar refractivity (Wildman–Crippen MR) is 86.0 cm³/mol. The Morgan fingerprint density at radius 1 is 1.21 bits per heavy atom.